The molecule has 0 bridgehead atoms. The smallest absolute Gasteiger partial charge is 0.219 e. The number of nitrogens with zero attached hydrogens (tertiary/aromatic N) is 1. The van der Waals surface area contributed by atoms with Crippen LogP contribution in [-0.4, -0.2) is 36.7 Å². The summed E-state index contributed by atoms with van der Waals surface area (Å²) in [5.41, 5.74) is 5.19. The van der Waals surface area contributed by atoms with Gasteiger partial charge in [-0.3, -0.25) is 4.79 Å². The summed E-state index contributed by atoms with van der Waals surface area (Å²) in [6, 6.07) is 0. The molecule has 0 atom stereocenters. The summed E-state index contributed by atoms with van der Waals surface area (Å²) in [7, 11) is 0. The first-order chi connectivity index (χ1) is 4.72. The minimum atomic E-state index is -0.113. The summed E-state index contributed by atoms with van der Waals surface area (Å²) in [6.45, 7) is 2.41. The Hall–Kier alpha value is -0.900. The van der Waals surface area contributed by atoms with Gasteiger partial charge in [-0.2, -0.15) is 0 Å². The van der Waals surface area contributed by atoms with Crippen molar-refractivity contribution in [3.63, 3.8) is 0 Å². The summed E-state index contributed by atoms with van der Waals surface area (Å²) >= 11 is 0. The van der Waals surface area contributed by atoms with Crippen molar-refractivity contribution in [3.05, 3.63) is 0 Å². The van der Waals surface area contributed by atoms with Crippen LogP contribution in [0.3, 0.4) is 0 Å². The molecule has 0 radical (unpaired) electrons. The Morgan fingerprint density at radius 3 is 2.60 bits per heavy atom. The highest BCUT2D eigenvalue weighted by molar-refractivity contribution is 5.75. The lowest BCUT2D eigenvalue weighted by atomic mass is 10.4. The molecule has 0 aliphatic carbocycles. The van der Waals surface area contributed by atoms with E-state index in [9.17, 15) is 9.59 Å². The molecule has 0 fully saturated rings. The fourth-order valence-corrected chi connectivity index (χ4v) is 0.623. The normalized spacial score (nSPS) is 9.00. The number of carbonyl (C=O) groups is 2. The first-order valence-corrected chi connectivity index (χ1v) is 3.11. The molecule has 0 saturated heterocycles. The molecule has 0 heterocycles. The average Bonchev–Trinajstić information content (AvgIpc) is 1.87. The molecule has 0 aliphatic rings. The molecule has 0 aromatic heterocycles. The second-order valence-electron chi connectivity index (χ2n) is 1.92. The van der Waals surface area contributed by atoms with Crippen molar-refractivity contribution in [2.45, 2.75) is 6.92 Å². The van der Waals surface area contributed by atoms with Crippen LogP contribution >= 0.6 is 0 Å². The van der Waals surface area contributed by atoms with Crippen LogP contribution in [0.15, 0.2) is 0 Å². The second-order valence-corrected chi connectivity index (χ2v) is 1.92. The maximum Gasteiger partial charge on any atom is 0.219 e. The zero-order valence-corrected chi connectivity index (χ0v) is 6.04. The molecular formula is C6H12N2O2. The third kappa shape index (κ3) is 3.19. The number of carbonyl (C=O) groups excluding carboxylic acids is 2. The lowest BCUT2D eigenvalue weighted by Crippen LogP contribution is -2.34. The highest BCUT2D eigenvalue weighted by atomic mass is 16.2. The third-order valence-corrected chi connectivity index (χ3v) is 1.14. The number of hydrogen-bond acceptors (Lipinski definition) is 3. The van der Waals surface area contributed by atoms with Gasteiger partial charge in [0, 0.05) is 20.0 Å². The van der Waals surface area contributed by atoms with Gasteiger partial charge in [0.15, 0.2) is 0 Å². The van der Waals surface area contributed by atoms with Gasteiger partial charge >= 0.3 is 0 Å². The first kappa shape index (κ1) is 9.10. The van der Waals surface area contributed by atoms with Crippen LogP contribution in [0.4, 0.5) is 0 Å². The van der Waals surface area contributed by atoms with Crippen molar-refractivity contribution in [2.75, 3.05) is 19.6 Å². The zero-order valence-electron chi connectivity index (χ0n) is 6.04. The summed E-state index contributed by atoms with van der Waals surface area (Å²) in [6.07, 6.45) is 0.692. The van der Waals surface area contributed by atoms with E-state index in [1.165, 1.54) is 11.8 Å². The van der Waals surface area contributed by atoms with Crippen molar-refractivity contribution in [1.29, 1.82) is 0 Å². The largest absolute Gasteiger partial charge is 0.335 e. The SMILES string of the molecule is CC(=O)N(CC=O)CCN. The lowest BCUT2D eigenvalue weighted by Gasteiger charge is -2.15. The van der Waals surface area contributed by atoms with E-state index in [-0.39, 0.29) is 12.5 Å². The number of aldehydes is 1. The van der Waals surface area contributed by atoms with E-state index in [1.807, 2.05) is 0 Å². The zero-order chi connectivity index (χ0) is 7.98. The molecule has 0 rings (SSSR count). The minimum absolute atomic E-state index is 0.113. The fraction of sp³-hybridized carbons (Fsp3) is 0.667. The fourth-order valence-electron chi connectivity index (χ4n) is 0.623. The predicted molar refractivity (Wildman–Crippen MR) is 37.4 cm³/mol. The Kier molecular flexibility index (Phi) is 4.49. The van der Waals surface area contributed by atoms with Gasteiger partial charge in [0.25, 0.3) is 0 Å². The summed E-state index contributed by atoms with van der Waals surface area (Å²) in [5, 5.41) is 0. The van der Waals surface area contributed by atoms with E-state index in [2.05, 4.69) is 0 Å². The van der Waals surface area contributed by atoms with E-state index in [0.29, 0.717) is 19.4 Å². The Labute approximate surface area is 60.0 Å². The molecule has 10 heavy (non-hydrogen) atoms. The monoisotopic (exact) mass is 144 g/mol. The number of hydrogen-bond donors (Lipinski definition) is 1. The molecule has 0 aromatic rings. The van der Waals surface area contributed by atoms with Crippen molar-refractivity contribution >= 4 is 12.2 Å². The molecule has 4 nitrogen and oxygen atoms in total. The maximum absolute atomic E-state index is 10.6. The molecule has 0 aliphatic heterocycles. The minimum Gasteiger partial charge on any atom is -0.335 e. The van der Waals surface area contributed by atoms with Crippen LogP contribution in [0.5, 0.6) is 0 Å². The van der Waals surface area contributed by atoms with Gasteiger partial charge in [-0.1, -0.05) is 0 Å². The van der Waals surface area contributed by atoms with Crippen molar-refractivity contribution in [1.82, 2.24) is 4.90 Å². The van der Waals surface area contributed by atoms with Crippen LogP contribution in [0, 0.1) is 0 Å². The Bertz CT molecular complexity index is 125. The van der Waals surface area contributed by atoms with E-state index in [4.69, 9.17) is 5.73 Å². The Morgan fingerprint density at radius 1 is 1.70 bits per heavy atom. The van der Waals surface area contributed by atoms with Gasteiger partial charge in [0.05, 0.1) is 6.54 Å². The average molecular weight is 144 g/mol. The van der Waals surface area contributed by atoms with Crippen LogP contribution in [0.25, 0.3) is 0 Å². The number of amides is 1. The standard InChI is InChI=1S/C6H12N2O2/c1-6(10)8(3-2-7)4-5-9/h5H,2-4,7H2,1H3. The third-order valence-electron chi connectivity index (χ3n) is 1.14. The van der Waals surface area contributed by atoms with Gasteiger partial charge in [-0.15, -0.1) is 0 Å². The Balaban J connectivity index is 3.71. The molecule has 0 unspecified atom stereocenters. The van der Waals surface area contributed by atoms with Crippen molar-refractivity contribution in [2.24, 2.45) is 5.73 Å². The van der Waals surface area contributed by atoms with Crippen LogP contribution in [0.2, 0.25) is 0 Å². The molecule has 58 valence electrons. The van der Waals surface area contributed by atoms with Crippen LogP contribution in [-0.2, 0) is 9.59 Å². The quantitative estimate of drug-likeness (QED) is 0.514. The molecule has 2 N–H and O–H groups in total. The van der Waals surface area contributed by atoms with Gasteiger partial charge in [-0.25, -0.2) is 0 Å². The molecule has 4 heteroatoms. The van der Waals surface area contributed by atoms with Crippen LogP contribution < -0.4 is 5.73 Å². The van der Waals surface area contributed by atoms with Crippen molar-refractivity contribution < 1.29 is 9.59 Å². The second kappa shape index (κ2) is 4.93. The van der Waals surface area contributed by atoms with Crippen LogP contribution in [0.1, 0.15) is 6.92 Å². The van der Waals surface area contributed by atoms with Gasteiger partial charge in [0.2, 0.25) is 5.91 Å². The summed E-state index contributed by atoms with van der Waals surface area (Å²) < 4.78 is 0. The maximum atomic E-state index is 10.6. The topological polar surface area (TPSA) is 63.4 Å². The first-order valence-electron chi connectivity index (χ1n) is 3.11. The Morgan fingerprint density at radius 2 is 2.30 bits per heavy atom. The van der Waals surface area contributed by atoms with E-state index in [0.717, 1.165) is 0 Å². The molecule has 0 saturated carbocycles. The van der Waals surface area contributed by atoms with Crippen molar-refractivity contribution in [3.8, 4) is 0 Å². The number of nitrogens with two attached hydrogens (primary N) is 1. The molecule has 1 amide bonds. The molecule has 0 aromatic carbocycles. The highest BCUT2D eigenvalue weighted by Gasteiger charge is 2.04. The highest BCUT2D eigenvalue weighted by Crippen LogP contribution is 1.84. The lowest BCUT2D eigenvalue weighted by molar-refractivity contribution is -0.130. The van der Waals surface area contributed by atoms with Gasteiger partial charge < -0.3 is 15.4 Å². The van der Waals surface area contributed by atoms with E-state index >= 15 is 0 Å². The summed E-state index contributed by atoms with van der Waals surface area (Å²) in [4.78, 5) is 22.0. The van der Waals surface area contributed by atoms with E-state index in [1.54, 1.807) is 0 Å². The van der Waals surface area contributed by atoms with Gasteiger partial charge in [0.1, 0.15) is 6.29 Å². The van der Waals surface area contributed by atoms with E-state index < -0.39 is 0 Å². The molecular weight excluding hydrogens is 132 g/mol. The van der Waals surface area contributed by atoms with Gasteiger partial charge in [-0.05, 0) is 0 Å². The predicted octanol–water partition coefficient (Wildman–Crippen LogP) is -1.01. The molecule has 0 spiro atoms. The summed E-state index contributed by atoms with van der Waals surface area (Å²) in [5.74, 6) is -0.113. The number of rotatable bonds is 4.